The quantitative estimate of drug-likeness (QED) is 0.479. The molecule has 0 aliphatic heterocycles. The molecule has 2 saturated carbocycles. The molecule has 0 bridgehead atoms. The lowest BCUT2D eigenvalue weighted by Crippen LogP contribution is -2.41. The van der Waals surface area contributed by atoms with Crippen LogP contribution in [0.25, 0.3) is 11.2 Å². The number of carbonyl (C=O) groups excluding carboxylic acids is 1. The van der Waals surface area contributed by atoms with Gasteiger partial charge in [0.05, 0.1) is 23.9 Å². The van der Waals surface area contributed by atoms with Crippen molar-refractivity contribution in [3.8, 4) is 5.75 Å². The van der Waals surface area contributed by atoms with Crippen LogP contribution in [0.15, 0.2) is 6.33 Å². The van der Waals surface area contributed by atoms with E-state index in [1.807, 2.05) is 6.92 Å². The number of fused-ring (bicyclic) bond motifs is 2. The van der Waals surface area contributed by atoms with E-state index in [-0.39, 0.29) is 22.7 Å². The molecule has 0 aromatic carbocycles. The molecule has 0 spiro atoms. The maximum absolute atomic E-state index is 12.3. The molecule has 5 N–H and O–H groups in total. The number of rotatable bonds is 4. The molecule has 2 aromatic heterocycles. The van der Waals surface area contributed by atoms with Crippen LogP contribution in [0.3, 0.4) is 0 Å². The molecule has 2 aliphatic carbocycles. The normalized spacial score (nSPS) is 32.5. The number of imidazole rings is 1. The number of pyridine rings is 1. The van der Waals surface area contributed by atoms with Gasteiger partial charge in [-0.2, -0.15) is 0 Å². The molecular weight excluding hydrogens is 362 g/mol. The molecule has 2 heterocycles. The highest BCUT2D eigenvalue weighted by atomic mass is 35.5. The standard InChI is InChI=1S/C16H20ClN5O4/c1-3-19-7-8-14(21-13(17)10(7)23)22(5-20-8)9-6-4-16(6,15(26)18-2)12(25)11(9)24/h5-6,9,11-12,23-25H,3-4H2,1-2H3,(H,18,26)(H,19,21)/t6-,9-,11+,12+,16?/m1/s1. The van der Waals surface area contributed by atoms with Gasteiger partial charge in [0.1, 0.15) is 17.3 Å². The van der Waals surface area contributed by atoms with Gasteiger partial charge >= 0.3 is 0 Å². The summed E-state index contributed by atoms with van der Waals surface area (Å²) in [4.78, 5) is 20.8. The highest BCUT2D eigenvalue weighted by Crippen LogP contribution is 2.67. The molecule has 1 amide bonds. The van der Waals surface area contributed by atoms with Crippen LogP contribution in [0.5, 0.6) is 5.75 Å². The first-order chi connectivity index (χ1) is 12.4. The number of aliphatic hydroxyl groups is 2. The van der Waals surface area contributed by atoms with Gasteiger partial charge in [-0.3, -0.25) is 4.79 Å². The minimum Gasteiger partial charge on any atom is -0.503 e. The third kappa shape index (κ3) is 2.02. The van der Waals surface area contributed by atoms with Crippen molar-refractivity contribution in [2.45, 2.75) is 31.6 Å². The molecule has 2 aromatic rings. The highest BCUT2D eigenvalue weighted by molar-refractivity contribution is 6.32. The van der Waals surface area contributed by atoms with Crippen LogP contribution in [0.1, 0.15) is 19.4 Å². The van der Waals surface area contributed by atoms with E-state index in [1.165, 1.54) is 13.4 Å². The first kappa shape index (κ1) is 17.3. The second kappa shape index (κ2) is 5.70. The molecule has 0 radical (unpaired) electrons. The Bertz CT molecular complexity index is 902. The van der Waals surface area contributed by atoms with Gasteiger partial charge in [0.25, 0.3) is 0 Å². The van der Waals surface area contributed by atoms with E-state index in [0.717, 1.165) is 0 Å². The average Bonchev–Trinajstić information content (AvgIpc) is 3.18. The third-order valence-corrected chi connectivity index (χ3v) is 5.90. The fourth-order valence-corrected chi connectivity index (χ4v) is 4.53. The zero-order valence-electron chi connectivity index (χ0n) is 14.3. The van der Waals surface area contributed by atoms with Crippen molar-refractivity contribution in [2.24, 2.45) is 11.3 Å². The van der Waals surface area contributed by atoms with Gasteiger partial charge in [-0.25, -0.2) is 9.97 Å². The summed E-state index contributed by atoms with van der Waals surface area (Å²) in [7, 11) is 1.51. The SMILES string of the molecule is CCNc1c(O)c(Cl)nc2c1ncn2[C@H]1[C@H](O)[C@H](O)C2(C(=O)NC)C[C@H]12. The fraction of sp³-hybridized carbons (Fsp3) is 0.562. The molecule has 5 atom stereocenters. The van der Waals surface area contributed by atoms with Gasteiger partial charge in [-0.05, 0) is 13.3 Å². The number of hydrogen-bond acceptors (Lipinski definition) is 7. The number of nitrogens with zero attached hydrogens (tertiary/aromatic N) is 3. The lowest BCUT2D eigenvalue weighted by molar-refractivity contribution is -0.132. The van der Waals surface area contributed by atoms with Crippen molar-refractivity contribution in [3.05, 3.63) is 11.5 Å². The highest BCUT2D eigenvalue weighted by Gasteiger charge is 2.75. The van der Waals surface area contributed by atoms with E-state index in [2.05, 4.69) is 20.6 Å². The van der Waals surface area contributed by atoms with E-state index in [4.69, 9.17) is 11.6 Å². The van der Waals surface area contributed by atoms with E-state index in [9.17, 15) is 20.1 Å². The van der Waals surface area contributed by atoms with Gasteiger partial charge in [0, 0.05) is 19.5 Å². The van der Waals surface area contributed by atoms with Crippen molar-refractivity contribution in [1.29, 1.82) is 0 Å². The Morgan fingerprint density at radius 1 is 1.50 bits per heavy atom. The summed E-state index contributed by atoms with van der Waals surface area (Å²) in [6, 6.07) is -0.560. The number of anilines is 1. The van der Waals surface area contributed by atoms with E-state index < -0.39 is 23.7 Å². The molecule has 9 nitrogen and oxygen atoms in total. The topological polar surface area (TPSA) is 133 Å². The Morgan fingerprint density at radius 3 is 2.88 bits per heavy atom. The summed E-state index contributed by atoms with van der Waals surface area (Å²) in [5.74, 6) is -0.704. The zero-order chi connectivity index (χ0) is 18.8. The second-order valence-electron chi connectivity index (χ2n) is 6.84. The number of aliphatic hydroxyl groups excluding tert-OH is 2. The van der Waals surface area contributed by atoms with Crippen LogP contribution in [0.4, 0.5) is 5.69 Å². The van der Waals surface area contributed by atoms with Gasteiger partial charge in [-0.15, -0.1) is 0 Å². The summed E-state index contributed by atoms with van der Waals surface area (Å²) in [6.45, 7) is 2.42. The van der Waals surface area contributed by atoms with Gasteiger partial charge < -0.3 is 30.5 Å². The second-order valence-corrected chi connectivity index (χ2v) is 7.19. The van der Waals surface area contributed by atoms with E-state index >= 15 is 0 Å². The molecule has 1 unspecified atom stereocenters. The predicted octanol–water partition coefficient (Wildman–Crippen LogP) is 0.251. The first-order valence-corrected chi connectivity index (χ1v) is 8.83. The van der Waals surface area contributed by atoms with Crippen LogP contribution < -0.4 is 10.6 Å². The number of aromatic hydroxyl groups is 1. The number of carbonyl (C=O) groups is 1. The summed E-state index contributed by atoms with van der Waals surface area (Å²) < 4.78 is 1.64. The minimum absolute atomic E-state index is 0.0865. The Hall–Kier alpha value is -2.10. The van der Waals surface area contributed by atoms with Crippen LogP contribution in [-0.4, -0.2) is 61.6 Å². The maximum Gasteiger partial charge on any atom is 0.229 e. The number of amides is 1. The van der Waals surface area contributed by atoms with Gasteiger partial charge in [0.2, 0.25) is 5.91 Å². The Kier molecular flexibility index (Phi) is 3.80. The lowest BCUT2D eigenvalue weighted by Gasteiger charge is -2.23. The summed E-state index contributed by atoms with van der Waals surface area (Å²) in [5.41, 5.74) is 0.163. The molecule has 2 fully saturated rings. The maximum atomic E-state index is 12.3. The average molecular weight is 382 g/mol. The smallest absolute Gasteiger partial charge is 0.229 e. The molecule has 140 valence electrons. The van der Waals surface area contributed by atoms with Crippen LogP contribution in [0.2, 0.25) is 5.15 Å². The van der Waals surface area contributed by atoms with E-state index in [1.54, 1.807) is 4.57 Å². The first-order valence-electron chi connectivity index (χ1n) is 8.45. The molecule has 4 rings (SSSR count). The van der Waals surface area contributed by atoms with Crippen LogP contribution >= 0.6 is 11.6 Å². The number of aromatic nitrogens is 3. The molecule has 2 aliphatic rings. The number of halogens is 1. The third-order valence-electron chi connectivity index (χ3n) is 5.64. The lowest BCUT2D eigenvalue weighted by atomic mass is 9.98. The van der Waals surface area contributed by atoms with Gasteiger partial charge in [0.15, 0.2) is 16.5 Å². The number of hydrogen-bond donors (Lipinski definition) is 5. The van der Waals surface area contributed by atoms with Crippen molar-refractivity contribution in [3.63, 3.8) is 0 Å². The number of nitrogens with one attached hydrogen (secondary N) is 2. The summed E-state index contributed by atoms with van der Waals surface area (Å²) in [6.07, 6.45) is -0.343. The van der Waals surface area contributed by atoms with Gasteiger partial charge in [-0.1, -0.05) is 11.6 Å². The van der Waals surface area contributed by atoms with E-state index in [0.29, 0.717) is 29.8 Å². The van der Waals surface area contributed by atoms with Crippen molar-refractivity contribution in [2.75, 3.05) is 18.9 Å². The molecule has 0 saturated heterocycles. The van der Waals surface area contributed by atoms with Crippen LogP contribution in [0, 0.1) is 11.3 Å². The van der Waals surface area contributed by atoms with Crippen molar-refractivity contribution >= 4 is 34.4 Å². The Balaban J connectivity index is 1.83. The largest absolute Gasteiger partial charge is 0.503 e. The van der Waals surface area contributed by atoms with Crippen molar-refractivity contribution in [1.82, 2.24) is 19.9 Å². The predicted molar refractivity (Wildman–Crippen MR) is 94.0 cm³/mol. The molecule has 10 heteroatoms. The zero-order valence-corrected chi connectivity index (χ0v) is 15.0. The Labute approximate surface area is 154 Å². The Morgan fingerprint density at radius 2 is 2.23 bits per heavy atom. The minimum atomic E-state index is -1.17. The monoisotopic (exact) mass is 381 g/mol. The summed E-state index contributed by atoms with van der Waals surface area (Å²) in [5, 5.41) is 36.7. The van der Waals surface area contributed by atoms with Crippen molar-refractivity contribution < 1.29 is 20.1 Å². The fourth-order valence-electron chi connectivity index (χ4n) is 4.35. The van der Waals surface area contributed by atoms with Crippen LogP contribution in [-0.2, 0) is 4.79 Å². The summed E-state index contributed by atoms with van der Waals surface area (Å²) >= 11 is 6.06. The molecule has 26 heavy (non-hydrogen) atoms. The molecular formula is C16H20ClN5O4.